The van der Waals surface area contributed by atoms with E-state index in [-0.39, 0.29) is 0 Å². The molecule has 0 amide bonds. The lowest BCUT2D eigenvalue weighted by Crippen LogP contribution is -2.52. The van der Waals surface area contributed by atoms with Gasteiger partial charge in [0.15, 0.2) is 17.5 Å². The summed E-state index contributed by atoms with van der Waals surface area (Å²) < 4.78 is 16.4. The molecular formula is C24H43N5O3. The fourth-order valence-electron chi connectivity index (χ4n) is 3.87. The zero-order valence-corrected chi connectivity index (χ0v) is 21.1. The Labute approximate surface area is 194 Å². The van der Waals surface area contributed by atoms with Crippen LogP contribution in [0.5, 0.6) is 17.2 Å². The van der Waals surface area contributed by atoms with Gasteiger partial charge in [-0.1, -0.05) is 6.92 Å². The van der Waals surface area contributed by atoms with Crippen LogP contribution in [-0.2, 0) is 6.54 Å². The highest BCUT2D eigenvalue weighted by Gasteiger charge is 2.21. The van der Waals surface area contributed by atoms with Crippen LogP contribution in [0.15, 0.2) is 17.1 Å². The summed E-state index contributed by atoms with van der Waals surface area (Å²) in [6, 6.07) is 4.66. The van der Waals surface area contributed by atoms with Crippen molar-refractivity contribution in [1.82, 2.24) is 20.0 Å². The first-order valence-corrected chi connectivity index (χ1v) is 11.7. The van der Waals surface area contributed by atoms with E-state index in [4.69, 9.17) is 19.2 Å². The molecule has 1 heterocycles. The van der Waals surface area contributed by atoms with Crippen LogP contribution < -0.4 is 19.5 Å². The number of hydrogen-bond donors (Lipinski definition) is 1. The van der Waals surface area contributed by atoms with Crippen LogP contribution in [0, 0.1) is 0 Å². The van der Waals surface area contributed by atoms with Crippen molar-refractivity contribution >= 4 is 5.96 Å². The summed E-state index contributed by atoms with van der Waals surface area (Å²) in [7, 11) is 7.12. The SMILES string of the molecule is CCNC(=NCCN(C)C(C)CC)N1CCN(Cc2cc(OC)c(OC)c(OC)c2)CC1. The molecule has 1 aliphatic rings. The number of guanidine groups is 1. The molecule has 0 saturated carbocycles. The van der Waals surface area contributed by atoms with Gasteiger partial charge in [-0.2, -0.15) is 0 Å². The van der Waals surface area contributed by atoms with Crippen LogP contribution in [0.1, 0.15) is 32.8 Å². The number of ether oxygens (including phenoxy) is 3. The Bertz CT molecular complexity index is 695. The number of aliphatic imine (C=N–C) groups is 1. The Morgan fingerprint density at radius 3 is 2.19 bits per heavy atom. The molecule has 1 fully saturated rings. The number of piperazine rings is 1. The highest BCUT2D eigenvalue weighted by molar-refractivity contribution is 5.80. The Morgan fingerprint density at radius 2 is 1.69 bits per heavy atom. The van der Waals surface area contributed by atoms with Crippen LogP contribution in [0.2, 0.25) is 0 Å². The molecule has 2 rings (SSSR count). The predicted octanol–water partition coefficient (Wildman–Crippen LogP) is 2.53. The molecule has 1 aromatic rings. The predicted molar refractivity (Wildman–Crippen MR) is 131 cm³/mol. The molecular weight excluding hydrogens is 406 g/mol. The van der Waals surface area contributed by atoms with E-state index in [1.165, 1.54) is 0 Å². The van der Waals surface area contributed by atoms with Gasteiger partial charge in [0.2, 0.25) is 5.75 Å². The first-order chi connectivity index (χ1) is 15.5. The molecule has 1 aromatic carbocycles. The standard InChI is InChI=1S/C24H43N5O3/c1-8-19(3)27(4)11-10-26-24(25-9-2)29-14-12-28(13-15-29)18-20-16-21(30-5)23(32-7)22(17-20)31-6/h16-17,19H,8-15,18H2,1-7H3,(H,25,26). The quantitative estimate of drug-likeness (QED) is 0.411. The van der Waals surface area contributed by atoms with Gasteiger partial charge in [-0.15, -0.1) is 0 Å². The van der Waals surface area contributed by atoms with Crippen LogP contribution in [0.3, 0.4) is 0 Å². The summed E-state index contributed by atoms with van der Waals surface area (Å²) in [5, 5.41) is 3.47. The summed E-state index contributed by atoms with van der Waals surface area (Å²) in [4.78, 5) is 12.1. The Kier molecular flexibility index (Phi) is 10.9. The maximum atomic E-state index is 5.50. The zero-order chi connectivity index (χ0) is 23.5. The van der Waals surface area contributed by atoms with E-state index in [1.54, 1.807) is 21.3 Å². The van der Waals surface area contributed by atoms with Crippen molar-refractivity contribution in [2.24, 2.45) is 4.99 Å². The number of hydrogen-bond acceptors (Lipinski definition) is 6. The second kappa shape index (κ2) is 13.4. The van der Waals surface area contributed by atoms with Crippen molar-refractivity contribution < 1.29 is 14.2 Å². The van der Waals surface area contributed by atoms with E-state index in [1.807, 2.05) is 12.1 Å². The fraction of sp³-hybridized carbons (Fsp3) is 0.708. The molecule has 0 aromatic heterocycles. The number of rotatable bonds is 11. The summed E-state index contributed by atoms with van der Waals surface area (Å²) in [6.45, 7) is 14.0. The fourth-order valence-corrected chi connectivity index (χ4v) is 3.87. The van der Waals surface area contributed by atoms with Crippen molar-refractivity contribution in [2.45, 2.75) is 39.8 Å². The molecule has 0 bridgehead atoms. The van der Waals surface area contributed by atoms with Crippen LogP contribution >= 0.6 is 0 Å². The van der Waals surface area contributed by atoms with Gasteiger partial charge >= 0.3 is 0 Å². The molecule has 1 aliphatic heterocycles. The largest absolute Gasteiger partial charge is 0.493 e. The summed E-state index contributed by atoms with van der Waals surface area (Å²) >= 11 is 0. The van der Waals surface area contributed by atoms with Gasteiger partial charge in [0.1, 0.15) is 0 Å². The van der Waals surface area contributed by atoms with Gasteiger partial charge < -0.3 is 29.3 Å². The normalized spacial score (nSPS) is 16.2. The van der Waals surface area contributed by atoms with E-state index in [9.17, 15) is 0 Å². The second-order valence-corrected chi connectivity index (χ2v) is 8.27. The maximum Gasteiger partial charge on any atom is 0.203 e. The van der Waals surface area contributed by atoms with Crippen molar-refractivity contribution in [3.05, 3.63) is 17.7 Å². The lowest BCUT2D eigenvalue weighted by atomic mass is 10.1. The zero-order valence-electron chi connectivity index (χ0n) is 21.1. The first kappa shape index (κ1) is 26.1. The van der Waals surface area contributed by atoms with Gasteiger partial charge in [0.05, 0.1) is 27.9 Å². The lowest BCUT2D eigenvalue weighted by molar-refractivity contribution is 0.172. The lowest BCUT2D eigenvalue weighted by Gasteiger charge is -2.36. The molecule has 0 radical (unpaired) electrons. The minimum atomic E-state index is 0.589. The first-order valence-electron chi connectivity index (χ1n) is 11.7. The van der Waals surface area contributed by atoms with Crippen molar-refractivity contribution in [2.75, 3.05) is 74.2 Å². The smallest absolute Gasteiger partial charge is 0.203 e. The molecule has 1 N–H and O–H groups in total. The van der Waals surface area contributed by atoms with Gasteiger partial charge in [-0.25, -0.2) is 0 Å². The molecule has 182 valence electrons. The van der Waals surface area contributed by atoms with E-state index in [2.05, 4.69) is 47.8 Å². The van der Waals surface area contributed by atoms with Crippen molar-refractivity contribution in [3.8, 4) is 17.2 Å². The second-order valence-electron chi connectivity index (χ2n) is 8.27. The highest BCUT2D eigenvalue weighted by atomic mass is 16.5. The molecule has 1 saturated heterocycles. The van der Waals surface area contributed by atoms with Gasteiger partial charge in [-0.05, 0) is 45.0 Å². The van der Waals surface area contributed by atoms with Crippen LogP contribution in [-0.4, -0.2) is 101 Å². The van der Waals surface area contributed by atoms with Crippen molar-refractivity contribution in [3.63, 3.8) is 0 Å². The summed E-state index contributed by atoms with van der Waals surface area (Å²) in [5.74, 6) is 3.06. The van der Waals surface area contributed by atoms with Crippen molar-refractivity contribution in [1.29, 1.82) is 0 Å². The summed E-state index contributed by atoms with van der Waals surface area (Å²) in [6.07, 6.45) is 1.16. The molecule has 0 spiro atoms. The summed E-state index contributed by atoms with van der Waals surface area (Å²) in [5.41, 5.74) is 1.15. The third-order valence-corrected chi connectivity index (χ3v) is 6.19. The van der Waals surface area contributed by atoms with Crippen LogP contribution in [0.25, 0.3) is 0 Å². The third kappa shape index (κ3) is 7.17. The minimum absolute atomic E-state index is 0.589. The van der Waals surface area contributed by atoms with E-state index in [0.717, 1.165) is 70.3 Å². The molecule has 8 nitrogen and oxygen atoms in total. The maximum absolute atomic E-state index is 5.50. The van der Waals surface area contributed by atoms with E-state index < -0.39 is 0 Å². The number of nitrogens with zero attached hydrogens (tertiary/aromatic N) is 4. The number of likely N-dealkylation sites (N-methyl/N-ethyl adjacent to an activating group) is 1. The number of methoxy groups -OCH3 is 3. The van der Waals surface area contributed by atoms with Crippen LogP contribution in [0.4, 0.5) is 0 Å². The molecule has 1 unspecified atom stereocenters. The minimum Gasteiger partial charge on any atom is -0.493 e. The topological polar surface area (TPSA) is 61.8 Å². The van der Waals surface area contributed by atoms with Gasteiger partial charge in [0, 0.05) is 51.9 Å². The van der Waals surface area contributed by atoms with E-state index >= 15 is 0 Å². The number of nitrogens with one attached hydrogen (secondary N) is 1. The Hall–Kier alpha value is -2.19. The Morgan fingerprint density at radius 1 is 1.06 bits per heavy atom. The molecule has 1 atom stereocenters. The molecule has 32 heavy (non-hydrogen) atoms. The number of benzene rings is 1. The van der Waals surface area contributed by atoms with Gasteiger partial charge in [0.25, 0.3) is 0 Å². The van der Waals surface area contributed by atoms with Gasteiger partial charge in [-0.3, -0.25) is 9.89 Å². The average molecular weight is 450 g/mol. The highest BCUT2D eigenvalue weighted by Crippen LogP contribution is 2.38. The Balaban J connectivity index is 1.95. The molecule has 0 aliphatic carbocycles. The third-order valence-electron chi connectivity index (χ3n) is 6.19. The average Bonchev–Trinajstić information content (AvgIpc) is 2.82. The monoisotopic (exact) mass is 449 g/mol. The van der Waals surface area contributed by atoms with E-state index in [0.29, 0.717) is 23.3 Å². The molecule has 8 heteroatoms.